The zero-order valence-electron chi connectivity index (χ0n) is 13.2. The SMILES string of the molecule is O=C(Nc1ccccc1C(F)(F)F)c1ccnc(NCc2ccco2)n1. The minimum atomic E-state index is -4.58. The number of carbonyl (C=O) groups is 1. The minimum Gasteiger partial charge on any atom is -0.467 e. The van der Waals surface area contributed by atoms with Crippen LogP contribution in [-0.2, 0) is 12.7 Å². The third-order valence-corrected chi connectivity index (χ3v) is 3.37. The summed E-state index contributed by atoms with van der Waals surface area (Å²) < 4.78 is 44.2. The van der Waals surface area contributed by atoms with Gasteiger partial charge >= 0.3 is 6.18 Å². The number of para-hydroxylation sites is 1. The van der Waals surface area contributed by atoms with E-state index in [0.29, 0.717) is 12.3 Å². The van der Waals surface area contributed by atoms with Crippen LogP contribution < -0.4 is 10.6 Å². The number of benzene rings is 1. The molecule has 0 unspecified atom stereocenters. The highest BCUT2D eigenvalue weighted by Crippen LogP contribution is 2.34. The van der Waals surface area contributed by atoms with Crippen LogP contribution in [0.2, 0.25) is 0 Å². The fourth-order valence-corrected chi connectivity index (χ4v) is 2.18. The molecule has 1 amide bonds. The van der Waals surface area contributed by atoms with E-state index in [9.17, 15) is 18.0 Å². The number of hydrogen-bond donors (Lipinski definition) is 2. The summed E-state index contributed by atoms with van der Waals surface area (Å²) in [6, 6.07) is 9.51. The van der Waals surface area contributed by atoms with Gasteiger partial charge in [0.05, 0.1) is 24.1 Å². The Hall–Kier alpha value is -3.36. The van der Waals surface area contributed by atoms with Gasteiger partial charge in [0.2, 0.25) is 5.95 Å². The third-order valence-electron chi connectivity index (χ3n) is 3.37. The molecule has 1 aromatic carbocycles. The van der Waals surface area contributed by atoms with Crippen molar-refractivity contribution in [3.63, 3.8) is 0 Å². The summed E-state index contributed by atoms with van der Waals surface area (Å²) in [5.41, 5.74) is -1.34. The number of rotatable bonds is 5. The number of aromatic nitrogens is 2. The summed E-state index contributed by atoms with van der Waals surface area (Å²) in [6.07, 6.45) is -1.73. The average molecular weight is 362 g/mol. The first kappa shape index (κ1) is 17.5. The van der Waals surface area contributed by atoms with Gasteiger partial charge in [-0.05, 0) is 30.3 Å². The van der Waals surface area contributed by atoms with Crippen LogP contribution in [0.5, 0.6) is 0 Å². The lowest BCUT2D eigenvalue weighted by molar-refractivity contribution is -0.136. The van der Waals surface area contributed by atoms with Crippen molar-refractivity contribution in [3.8, 4) is 0 Å². The molecule has 0 aliphatic carbocycles. The number of carbonyl (C=O) groups excluding carboxylic acids is 1. The lowest BCUT2D eigenvalue weighted by Gasteiger charge is -2.13. The number of halogens is 3. The van der Waals surface area contributed by atoms with Gasteiger partial charge in [0.15, 0.2) is 0 Å². The molecule has 0 radical (unpaired) electrons. The highest BCUT2D eigenvalue weighted by molar-refractivity contribution is 6.03. The lowest BCUT2D eigenvalue weighted by atomic mass is 10.1. The van der Waals surface area contributed by atoms with Crippen molar-refractivity contribution >= 4 is 17.5 Å². The van der Waals surface area contributed by atoms with Gasteiger partial charge < -0.3 is 15.1 Å². The molecule has 6 nitrogen and oxygen atoms in total. The number of alkyl halides is 3. The second-order valence-electron chi connectivity index (χ2n) is 5.20. The third kappa shape index (κ3) is 4.18. The second-order valence-corrected chi connectivity index (χ2v) is 5.20. The van der Waals surface area contributed by atoms with Crippen LogP contribution >= 0.6 is 0 Å². The molecule has 0 bridgehead atoms. The molecule has 2 heterocycles. The van der Waals surface area contributed by atoms with Crippen molar-refractivity contribution in [3.05, 3.63) is 71.9 Å². The van der Waals surface area contributed by atoms with Crippen LogP contribution in [0.1, 0.15) is 21.8 Å². The van der Waals surface area contributed by atoms with E-state index < -0.39 is 17.6 Å². The lowest BCUT2D eigenvalue weighted by Crippen LogP contribution is -2.18. The topological polar surface area (TPSA) is 80.0 Å². The van der Waals surface area contributed by atoms with E-state index >= 15 is 0 Å². The zero-order valence-corrected chi connectivity index (χ0v) is 13.2. The van der Waals surface area contributed by atoms with Crippen molar-refractivity contribution in [2.24, 2.45) is 0 Å². The fraction of sp³-hybridized carbons (Fsp3) is 0.118. The maximum Gasteiger partial charge on any atom is 0.418 e. The van der Waals surface area contributed by atoms with Gasteiger partial charge in [-0.15, -0.1) is 0 Å². The van der Waals surface area contributed by atoms with E-state index in [0.717, 1.165) is 6.07 Å². The fourth-order valence-electron chi connectivity index (χ4n) is 2.18. The molecule has 3 rings (SSSR count). The second kappa shape index (κ2) is 7.26. The number of anilines is 2. The predicted octanol–water partition coefficient (Wildman–Crippen LogP) is 3.95. The highest BCUT2D eigenvalue weighted by atomic mass is 19.4. The number of furan rings is 1. The summed E-state index contributed by atoms with van der Waals surface area (Å²) >= 11 is 0. The molecule has 2 N–H and O–H groups in total. The summed E-state index contributed by atoms with van der Waals surface area (Å²) in [5, 5.41) is 5.10. The molecule has 3 aromatic rings. The van der Waals surface area contributed by atoms with Crippen molar-refractivity contribution in [1.82, 2.24) is 9.97 Å². The number of hydrogen-bond acceptors (Lipinski definition) is 5. The predicted molar refractivity (Wildman–Crippen MR) is 87.5 cm³/mol. The largest absolute Gasteiger partial charge is 0.467 e. The summed E-state index contributed by atoms with van der Waals surface area (Å²) in [6.45, 7) is 0.301. The number of amides is 1. The molecule has 9 heteroatoms. The molecule has 0 aliphatic heterocycles. The molecular weight excluding hydrogens is 349 g/mol. The number of nitrogens with one attached hydrogen (secondary N) is 2. The van der Waals surface area contributed by atoms with Crippen molar-refractivity contribution < 1.29 is 22.4 Å². The number of nitrogens with zero attached hydrogens (tertiary/aromatic N) is 2. The van der Waals surface area contributed by atoms with Gasteiger partial charge in [-0.1, -0.05) is 12.1 Å². The highest BCUT2D eigenvalue weighted by Gasteiger charge is 2.33. The van der Waals surface area contributed by atoms with Gasteiger partial charge in [-0.25, -0.2) is 9.97 Å². The van der Waals surface area contributed by atoms with Crippen LogP contribution in [-0.4, -0.2) is 15.9 Å². The first-order valence-electron chi connectivity index (χ1n) is 7.50. The van der Waals surface area contributed by atoms with Crippen LogP contribution in [0.3, 0.4) is 0 Å². The van der Waals surface area contributed by atoms with Crippen LogP contribution in [0.15, 0.2) is 59.3 Å². The molecule has 134 valence electrons. The first-order valence-corrected chi connectivity index (χ1v) is 7.50. The Morgan fingerprint density at radius 2 is 1.92 bits per heavy atom. The standard InChI is InChI=1S/C17H13F3N4O2/c18-17(19,20)12-5-1-2-6-13(12)23-15(25)14-7-8-21-16(24-14)22-10-11-4-3-9-26-11/h1-9H,10H2,(H,23,25)(H,21,22,24). The summed E-state index contributed by atoms with van der Waals surface area (Å²) in [5.74, 6) is 0.0193. The maximum atomic E-state index is 13.0. The molecule has 26 heavy (non-hydrogen) atoms. The Balaban J connectivity index is 1.74. The molecule has 0 spiro atoms. The molecule has 0 aliphatic rings. The zero-order chi connectivity index (χ0) is 18.6. The van der Waals surface area contributed by atoms with E-state index in [1.165, 1.54) is 36.7 Å². The normalized spacial score (nSPS) is 11.2. The molecule has 0 atom stereocenters. The Morgan fingerprint density at radius 1 is 1.12 bits per heavy atom. The van der Waals surface area contributed by atoms with Gasteiger partial charge in [0.1, 0.15) is 11.5 Å². The van der Waals surface area contributed by atoms with E-state index in [2.05, 4.69) is 20.6 Å². The molecule has 0 fully saturated rings. The van der Waals surface area contributed by atoms with Crippen molar-refractivity contribution in [2.45, 2.75) is 12.7 Å². The van der Waals surface area contributed by atoms with Crippen LogP contribution in [0, 0.1) is 0 Å². The Bertz CT molecular complexity index is 895. The Morgan fingerprint density at radius 3 is 2.65 bits per heavy atom. The molecule has 2 aromatic heterocycles. The minimum absolute atomic E-state index is 0.0704. The van der Waals surface area contributed by atoms with E-state index in [1.54, 1.807) is 12.1 Å². The molecule has 0 saturated heterocycles. The summed E-state index contributed by atoms with van der Waals surface area (Å²) in [7, 11) is 0. The maximum absolute atomic E-state index is 13.0. The van der Waals surface area contributed by atoms with E-state index in [4.69, 9.17) is 4.42 Å². The van der Waals surface area contributed by atoms with E-state index in [-0.39, 0.29) is 17.3 Å². The van der Waals surface area contributed by atoms with Gasteiger partial charge in [0.25, 0.3) is 5.91 Å². The molecular formula is C17H13F3N4O2. The quantitative estimate of drug-likeness (QED) is 0.718. The van der Waals surface area contributed by atoms with E-state index in [1.807, 2.05) is 0 Å². The Kier molecular flexibility index (Phi) is 4.87. The molecule has 0 saturated carbocycles. The van der Waals surface area contributed by atoms with Crippen LogP contribution in [0.25, 0.3) is 0 Å². The van der Waals surface area contributed by atoms with Gasteiger partial charge in [-0.2, -0.15) is 13.2 Å². The summed E-state index contributed by atoms with van der Waals surface area (Å²) in [4.78, 5) is 20.2. The monoisotopic (exact) mass is 362 g/mol. The smallest absolute Gasteiger partial charge is 0.418 e. The van der Waals surface area contributed by atoms with Gasteiger partial charge in [0, 0.05) is 6.20 Å². The van der Waals surface area contributed by atoms with Crippen molar-refractivity contribution in [1.29, 1.82) is 0 Å². The van der Waals surface area contributed by atoms with Crippen LogP contribution in [0.4, 0.5) is 24.8 Å². The Labute approximate surface area is 146 Å². The van der Waals surface area contributed by atoms with Crippen molar-refractivity contribution in [2.75, 3.05) is 10.6 Å². The van der Waals surface area contributed by atoms with Gasteiger partial charge in [-0.3, -0.25) is 4.79 Å². The first-order chi connectivity index (χ1) is 12.4. The average Bonchev–Trinajstić information content (AvgIpc) is 3.13.